The summed E-state index contributed by atoms with van der Waals surface area (Å²) in [5.74, 6) is 1.37. The van der Waals surface area contributed by atoms with Crippen LogP contribution in [0, 0.1) is 6.92 Å². The van der Waals surface area contributed by atoms with Gasteiger partial charge in [-0.25, -0.2) is 0 Å². The molecule has 0 aromatic heterocycles. The Kier molecular flexibility index (Phi) is 5.63. The van der Waals surface area contributed by atoms with E-state index >= 15 is 0 Å². The van der Waals surface area contributed by atoms with Crippen LogP contribution in [0.1, 0.15) is 12.5 Å². The van der Waals surface area contributed by atoms with E-state index in [1.54, 1.807) is 26.2 Å². The van der Waals surface area contributed by atoms with E-state index in [1.807, 2.05) is 26.0 Å². The van der Waals surface area contributed by atoms with Crippen LogP contribution in [-0.2, 0) is 4.79 Å². The van der Waals surface area contributed by atoms with Crippen LogP contribution in [0.3, 0.4) is 0 Å². The normalized spacial score (nSPS) is 10.2. The molecule has 0 saturated heterocycles. The van der Waals surface area contributed by atoms with Gasteiger partial charge in [-0.1, -0.05) is 6.92 Å². The average molecular weight is 266 g/mol. The Hall–Kier alpha value is -1.75. The second-order valence-corrected chi connectivity index (χ2v) is 4.23. The number of amides is 1. The van der Waals surface area contributed by atoms with Crippen molar-refractivity contribution >= 4 is 11.6 Å². The lowest BCUT2D eigenvalue weighted by atomic mass is 10.1. The van der Waals surface area contributed by atoms with Crippen molar-refractivity contribution in [1.82, 2.24) is 5.32 Å². The van der Waals surface area contributed by atoms with Crippen LogP contribution >= 0.6 is 0 Å². The zero-order valence-electron chi connectivity index (χ0n) is 12.2. The number of aryl methyl sites for hydroxylation is 1. The topological polar surface area (TPSA) is 50.8 Å². The number of methoxy groups -OCH3 is 2. The number of rotatable bonds is 6. The predicted molar refractivity (Wildman–Crippen MR) is 76.2 cm³/mol. The minimum absolute atomic E-state index is 0.0222. The third kappa shape index (κ3) is 3.61. The summed E-state index contributed by atoms with van der Waals surface area (Å²) < 4.78 is 10.6. The average Bonchev–Trinajstić information content (AvgIpc) is 2.43. The molecule has 0 bridgehead atoms. The Morgan fingerprint density at radius 3 is 2.42 bits per heavy atom. The van der Waals surface area contributed by atoms with E-state index in [4.69, 9.17) is 9.47 Å². The molecule has 1 aromatic rings. The first kappa shape index (κ1) is 15.3. The van der Waals surface area contributed by atoms with E-state index in [0.29, 0.717) is 18.0 Å². The summed E-state index contributed by atoms with van der Waals surface area (Å²) in [4.78, 5) is 13.6. The molecule has 0 radical (unpaired) electrons. The van der Waals surface area contributed by atoms with Crippen molar-refractivity contribution < 1.29 is 14.3 Å². The molecule has 106 valence electrons. The zero-order valence-corrected chi connectivity index (χ0v) is 12.2. The number of nitrogens with zero attached hydrogens (tertiary/aromatic N) is 1. The molecule has 0 atom stereocenters. The molecular formula is C14H22N2O3. The molecule has 0 aliphatic rings. The third-order valence-corrected chi connectivity index (χ3v) is 2.96. The lowest BCUT2D eigenvalue weighted by molar-refractivity contribution is -0.117. The van der Waals surface area contributed by atoms with Crippen molar-refractivity contribution in [2.75, 3.05) is 39.3 Å². The van der Waals surface area contributed by atoms with Crippen LogP contribution in [0.15, 0.2) is 12.1 Å². The van der Waals surface area contributed by atoms with Crippen LogP contribution in [0.2, 0.25) is 0 Å². The van der Waals surface area contributed by atoms with Crippen LogP contribution < -0.4 is 19.7 Å². The summed E-state index contributed by atoms with van der Waals surface area (Å²) in [5, 5.41) is 3.01. The molecule has 1 rings (SSSR count). The number of carbonyl (C=O) groups excluding carboxylic acids is 1. The third-order valence-electron chi connectivity index (χ3n) is 2.96. The number of hydrogen-bond donors (Lipinski definition) is 1. The fraction of sp³-hybridized carbons (Fsp3) is 0.500. The van der Waals surface area contributed by atoms with E-state index in [-0.39, 0.29) is 5.91 Å². The molecule has 0 aliphatic heterocycles. The number of benzene rings is 1. The van der Waals surface area contributed by atoms with Gasteiger partial charge in [0.1, 0.15) is 11.5 Å². The molecule has 0 saturated carbocycles. The summed E-state index contributed by atoms with van der Waals surface area (Å²) in [6.45, 7) is 4.95. The first-order valence-electron chi connectivity index (χ1n) is 6.25. The Balaban J connectivity index is 3.06. The van der Waals surface area contributed by atoms with Gasteiger partial charge in [-0.05, 0) is 25.1 Å². The number of hydrogen-bond acceptors (Lipinski definition) is 4. The van der Waals surface area contributed by atoms with E-state index in [0.717, 1.165) is 17.9 Å². The second-order valence-electron chi connectivity index (χ2n) is 4.23. The van der Waals surface area contributed by atoms with E-state index in [9.17, 15) is 4.79 Å². The lowest BCUT2D eigenvalue weighted by Gasteiger charge is -2.21. The second kappa shape index (κ2) is 6.99. The number of likely N-dealkylation sites (N-methyl/N-ethyl adjacent to an activating group) is 2. The van der Waals surface area contributed by atoms with Crippen LogP contribution in [-0.4, -0.2) is 40.3 Å². The van der Waals surface area contributed by atoms with Gasteiger partial charge in [0.2, 0.25) is 5.91 Å². The monoisotopic (exact) mass is 266 g/mol. The largest absolute Gasteiger partial charge is 0.496 e. The highest BCUT2D eigenvalue weighted by atomic mass is 16.5. The number of nitrogens with one attached hydrogen (secondary N) is 1. The quantitative estimate of drug-likeness (QED) is 0.849. The molecular weight excluding hydrogens is 244 g/mol. The highest BCUT2D eigenvalue weighted by molar-refractivity contribution is 5.96. The first-order chi connectivity index (χ1) is 9.04. The molecule has 5 heteroatoms. The molecule has 1 N–H and O–H groups in total. The smallest absolute Gasteiger partial charge is 0.240 e. The van der Waals surface area contributed by atoms with Gasteiger partial charge in [-0.2, -0.15) is 0 Å². The minimum Gasteiger partial charge on any atom is -0.496 e. The van der Waals surface area contributed by atoms with Gasteiger partial charge in [-0.3, -0.25) is 4.79 Å². The van der Waals surface area contributed by atoms with Crippen molar-refractivity contribution in [2.24, 2.45) is 0 Å². The van der Waals surface area contributed by atoms with Crippen molar-refractivity contribution in [3.8, 4) is 11.5 Å². The zero-order chi connectivity index (χ0) is 14.4. The maximum absolute atomic E-state index is 12.0. The highest BCUT2D eigenvalue weighted by Crippen LogP contribution is 2.34. The van der Waals surface area contributed by atoms with Gasteiger partial charge in [0.25, 0.3) is 0 Å². The van der Waals surface area contributed by atoms with Gasteiger partial charge in [0, 0.05) is 13.1 Å². The van der Waals surface area contributed by atoms with E-state index in [2.05, 4.69) is 5.32 Å². The van der Waals surface area contributed by atoms with Gasteiger partial charge < -0.3 is 19.7 Å². The van der Waals surface area contributed by atoms with Crippen molar-refractivity contribution in [3.05, 3.63) is 17.7 Å². The molecule has 0 fully saturated rings. The van der Waals surface area contributed by atoms with Crippen LogP contribution in [0.5, 0.6) is 11.5 Å². The molecule has 1 amide bonds. The predicted octanol–water partition coefficient (Wildman–Crippen LogP) is 1.58. The van der Waals surface area contributed by atoms with E-state index in [1.165, 1.54) is 0 Å². The number of anilines is 1. The fourth-order valence-electron chi connectivity index (χ4n) is 1.78. The first-order valence-corrected chi connectivity index (χ1v) is 6.25. The molecule has 1 aromatic carbocycles. The van der Waals surface area contributed by atoms with Crippen LogP contribution in [0.4, 0.5) is 5.69 Å². The molecule has 5 nitrogen and oxygen atoms in total. The maximum Gasteiger partial charge on any atom is 0.240 e. The number of ether oxygens (including phenoxy) is 2. The van der Waals surface area contributed by atoms with Gasteiger partial charge in [0.15, 0.2) is 0 Å². The Bertz CT molecular complexity index is 447. The van der Waals surface area contributed by atoms with Crippen molar-refractivity contribution in [3.63, 3.8) is 0 Å². The summed E-state index contributed by atoms with van der Waals surface area (Å²) in [5.41, 5.74) is 1.67. The minimum atomic E-state index is -0.0222. The summed E-state index contributed by atoms with van der Waals surface area (Å²) >= 11 is 0. The molecule has 0 spiro atoms. The molecule has 19 heavy (non-hydrogen) atoms. The SMILES string of the molecule is CCNCC(=O)N(C)c1cc(OC)c(C)cc1OC. The molecule has 0 aliphatic carbocycles. The molecule has 0 heterocycles. The summed E-state index contributed by atoms with van der Waals surface area (Å²) in [6.07, 6.45) is 0. The van der Waals surface area contributed by atoms with Crippen LogP contribution in [0.25, 0.3) is 0 Å². The highest BCUT2D eigenvalue weighted by Gasteiger charge is 2.17. The molecule has 0 unspecified atom stereocenters. The summed E-state index contributed by atoms with van der Waals surface area (Å²) in [6, 6.07) is 3.68. The Labute approximate surface area is 114 Å². The fourth-order valence-corrected chi connectivity index (χ4v) is 1.78. The lowest BCUT2D eigenvalue weighted by Crippen LogP contribution is -2.35. The van der Waals surface area contributed by atoms with E-state index < -0.39 is 0 Å². The maximum atomic E-state index is 12.0. The van der Waals surface area contributed by atoms with Gasteiger partial charge in [0.05, 0.1) is 26.5 Å². The van der Waals surface area contributed by atoms with Gasteiger partial charge in [-0.15, -0.1) is 0 Å². The van der Waals surface area contributed by atoms with Gasteiger partial charge >= 0.3 is 0 Å². The Morgan fingerprint density at radius 2 is 1.89 bits per heavy atom. The summed E-state index contributed by atoms with van der Waals surface area (Å²) in [7, 11) is 4.93. The van der Waals surface area contributed by atoms with Crippen molar-refractivity contribution in [1.29, 1.82) is 0 Å². The Morgan fingerprint density at radius 1 is 1.26 bits per heavy atom. The standard InChI is InChI=1S/C14H22N2O3/c1-6-15-9-14(17)16(3)11-8-12(18-4)10(2)7-13(11)19-5/h7-8,15H,6,9H2,1-5H3. The van der Waals surface area contributed by atoms with Crippen molar-refractivity contribution in [2.45, 2.75) is 13.8 Å². The number of carbonyl (C=O) groups is 1.